The zero-order chi connectivity index (χ0) is 13.8. The van der Waals surface area contributed by atoms with Gasteiger partial charge in [-0.3, -0.25) is 9.69 Å². The van der Waals surface area contributed by atoms with Gasteiger partial charge < -0.3 is 10.0 Å². The molecule has 2 rings (SSSR count). The van der Waals surface area contributed by atoms with E-state index in [0.717, 1.165) is 31.7 Å². The van der Waals surface area contributed by atoms with E-state index < -0.39 is 12.0 Å². The number of hydrogen-bond acceptors (Lipinski definition) is 3. The van der Waals surface area contributed by atoms with Gasteiger partial charge in [0.05, 0.1) is 0 Å². The number of carboxylic acid groups (broad SMARTS) is 1. The molecule has 1 aromatic rings. The Morgan fingerprint density at radius 3 is 2.58 bits per heavy atom. The third kappa shape index (κ3) is 3.78. The topological polar surface area (TPSA) is 43.8 Å². The second-order valence-corrected chi connectivity index (χ2v) is 5.39. The maximum atomic E-state index is 11.5. The third-order valence-electron chi connectivity index (χ3n) is 3.78. The number of nitrogens with zero attached hydrogens (tertiary/aromatic N) is 2. The summed E-state index contributed by atoms with van der Waals surface area (Å²) in [6.07, 6.45) is 0.584. The minimum atomic E-state index is -0.717. The molecule has 1 heterocycles. The van der Waals surface area contributed by atoms with Gasteiger partial charge in [0.1, 0.15) is 6.04 Å². The van der Waals surface area contributed by atoms with E-state index in [0.29, 0.717) is 6.42 Å². The van der Waals surface area contributed by atoms with Crippen LogP contribution in [-0.4, -0.2) is 60.1 Å². The molecule has 4 nitrogen and oxygen atoms in total. The van der Waals surface area contributed by atoms with Crippen molar-refractivity contribution in [3.8, 4) is 0 Å². The standard InChI is InChI=1S/C15H22N2O2/c1-12-4-3-5-13(10-12)11-14(15(18)19)17-8-6-16(2)7-9-17/h3-5,10,14H,6-9,11H2,1-2H3,(H,18,19)/t14-/m1/s1. The fraction of sp³-hybridized carbons (Fsp3) is 0.533. The van der Waals surface area contributed by atoms with Gasteiger partial charge in [0, 0.05) is 26.2 Å². The fourth-order valence-electron chi connectivity index (χ4n) is 2.57. The molecule has 1 N–H and O–H groups in total. The highest BCUT2D eigenvalue weighted by molar-refractivity contribution is 5.74. The van der Waals surface area contributed by atoms with Crippen molar-refractivity contribution in [3.63, 3.8) is 0 Å². The number of aryl methyl sites for hydroxylation is 1. The molecular formula is C15H22N2O2. The molecule has 104 valence electrons. The van der Waals surface area contributed by atoms with Crippen LogP contribution in [0.2, 0.25) is 0 Å². The number of aliphatic carboxylic acids is 1. The Labute approximate surface area is 114 Å². The molecule has 0 bridgehead atoms. The second-order valence-electron chi connectivity index (χ2n) is 5.39. The van der Waals surface area contributed by atoms with Crippen molar-refractivity contribution in [1.29, 1.82) is 0 Å². The molecule has 1 aliphatic rings. The van der Waals surface area contributed by atoms with E-state index in [4.69, 9.17) is 0 Å². The summed E-state index contributed by atoms with van der Waals surface area (Å²) in [4.78, 5) is 15.8. The lowest BCUT2D eigenvalue weighted by Gasteiger charge is -2.36. The number of benzene rings is 1. The molecule has 0 aromatic heterocycles. The molecule has 1 fully saturated rings. The van der Waals surface area contributed by atoms with Crippen molar-refractivity contribution >= 4 is 5.97 Å². The summed E-state index contributed by atoms with van der Waals surface area (Å²) in [7, 11) is 2.08. The minimum Gasteiger partial charge on any atom is -0.480 e. The molecule has 1 aromatic carbocycles. The van der Waals surface area contributed by atoms with Crippen molar-refractivity contribution in [3.05, 3.63) is 35.4 Å². The Morgan fingerprint density at radius 2 is 2.00 bits per heavy atom. The summed E-state index contributed by atoms with van der Waals surface area (Å²) in [6, 6.07) is 7.71. The predicted octanol–water partition coefficient (Wildman–Crippen LogP) is 1.24. The summed E-state index contributed by atoms with van der Waals surface area (Å²) < 4.78 is 0. The van der Waals surface area contributed by atoms with Gasteiger partial charge in [0.25, 0.3) is 0 Å². The molecule has 0 spiro atoms. The molecular weight excluding hydrogens is 240 g/mol. The maximum Gasteiger partial charge on any atom is 0.321 e. The Morgan fingerprint density at radius 1 is 1.32 bits per heavy atom. The van der Waals surface area contributed by atoms with Crippen LogP contribution in [0.25, 0.3) is 0 Å². The highest BCUT2D eigenvalue weighted by Gasteiger charge is 2.28. The summed E-state index contributed by atoms with van der Waals surface area (Å²) in [5.41, 5.74) is 2.28. The molecule has 4 heteroatoms. The summed E-state index contributed by atoms with van der Waals surface area (Å²) >= 11 is 0. The van der Waals surface area contributed by atoms with Crippen LogP contribution in [-0.2, 0) is 11.2 Å². The lowest BCUT2D eigenvalue weighted by atomic mass is 10.0. The van der Waals surface area contributed by atoms with Crippen LogP contribution in [0.4, 0.5) is 0 Å². The zero-order valence-corrected chi connectivity index (χ0v) is 11.7. The van der Waals surface area contributed by atoms with E-state index in [-0.39, 0.29) is 0 Å². The van der Waals surface area contributed by atoms with Gasteiger partial charge >= 0.3 is 5.97 Å². The van der Waals surface area contributed by atoms with Crippen molar-refractivity contribution in [1.82, 2.24) is 9.80 Å². The molecule has 0 aliphatic carbocycles. The molecule has 0 unspecified atom stereocenters. The maximum absolute atomic E-state index is 11.5. The lowest BCUT2D eigenvalue weighted by molar-refractivity contribution is -0.144. The number of rotatable bonds is 4. The van der Waals surface area contributed by atoms with Gasteiger partial charge in [-0.05, 0) is 26.0 Å². The SMILES string of the molecule is Cc1cccc(C[C@H](C(=O)O)N2CCN(C)CC2)c1. The van der Waals surface area contributed by atoms with Crippen LogP contribution in [0, 0.1) is 6.92 Å². The van der Waals surface area contributed by atoms with E-state index in [1.165, 1.54) is 5.56 Å². The van der Waals surface area contributed by atoms with Gasteiger partial charge in [-0.2, -0.15) is 0 Å². The summed E-state index contributed by atoms with van der Waals surface area (Å²) in [5, 5.41) is 9.47. The number of piperazine rings is 1. The van der Waals surface area contributed by atoms with Crippen molar-refractivity contribution in [2.75, 3.05) is 33.2 Å². The van der Waals surface area contributed by atoms with Gasteiger partial charge in [-0.25, -0.2) is 0 Å². The zero-order valence-electron chi connectivity index (χ0n) is 11.7. The normalized spacial score (nSPS) is 19.3. The van der Waals surface area contributed by atoms with E-state index >= 15 is 0 Å². The first-order valence-corrected chi connectivity index (χ1v) is 6.77. The second kappa shape index (κ2) is 6.17. The first-order valence-electron chi connectivity index (χ1n) is 6.77. The van der Waals surface area contributed by atoms with E-state index in [1.54, 1.807) is 0 Å². The number of carboxylic acids is 1. The predicted molar refractivity (Wildman–Crippen MR) is 75.4 cm³/mol. The number of hydrogen-bond donors (Lipinski definition) is 1. The molecule has 0 radical (unpaired) electrons. The molecule has 1 atom stereocenters. The monoisotopic (exact) mass is 262 g/mol. The highest BCUT2D eigenvalue weighted by atomic mass is 16.4. The quantitative estimate of drug-likeness (QED) is 0.886. The van der Waals surface area contributed by atoms with Gasteiger partial charge in [-0.1, -0.05) is 29.8 Å². The van der Waals surface area contributed by atoms with Crippen LogP contribution >= 0.6 is 0 Å². The molecule has 0 saturated carbocycles. The average molecular weight is 262 g/mol. The van der Waals surface area contributed by atoms with Gasteiger partial charge in [-0.15, -0.1) is 0 Å². The van der Waals surface area contributed by atoms with Crippen LogP contribution < -0.4 is 0 Å². The highest BCUT2D eigenvalue weighted by Crippen LogP contribution is 2.13. The minimum absolute atomic E-state index is 0.407. The molecule has 19 heavy (non-hydrogen) atoms. The van der Waals surface area contributed by atoms with Crippen LogP contribution in [0.5, 0.6) is 0 Å². The van der Waals surface area contributed by atoms with E-state index in [9.17, 15) is 9.90 Å². The van der Waals surface area contributed by atoms with Crippen LogP contribution in [0.1, 0.15) is 11.1 Å². The average Bonchev–Trinajstić information content (AvgIpc) is 2.37. The first-order chi connectivity index (χ1) is 9.06. The van der Waals surface area contributed by atoms with Crippen molar-refractivity contribution in [2.24, 2.45) is 0 Å². The fourth-order valence-corrected chi connectivity index (χ4v) is 2.57. The molecule has 1 saturated heterocycles. The Bertz CT molecular complexity index is 440. The lowest BCUT2D eigenvalue weighted by Crippen LogP contribution is -2.52. The molecule has 1 aliphatic heterocycles. The molecule has 0 amide bonds. The third-order valence-corrected chi connectivity index (χ3v) is 3.78. The van der Waals surface area contributed by atoms with Gasteiger partial charge in [0.2, 0.25) is 0 Å². The summed E-state index contributed by atoms with van der Waals surface area (Å²) in [5.74, 6) is -0.717. The first kappa shape index (κ1) is 14.0. The van der Waals surface area contributed by atoms with Crippen LogP contribution in [0.15, 0.2) is 24.3 Å². The summed E-state index contributed by atoms with van der Waals surface area (Å²) in [6.45, 7) is 5.59. The Balaban J connectivity index is 2.06. The van der Waals surface area contributed by atoms with Crippen LogP contribution in [0.3, 0.4) is 0 Å². The number of carbonyl (C=O) groups is 1. The van der Waals surface area contributed by atoms with Crippen molar-refractivity contribution in [2.45, 2.75) is 19.4 Å². The Hall–Kier alpha value is -1.39. The largest absolute Gasteiger partial charge is 0.480 e. The van der Waals surface area contributed by atoms with Crippen molar-refractivity contribution < 1.29 is 9.90 Å². The Kier molecular flexibility index (Phi) is 4.56. The number of likely N-dealkylation sites (N-methyl/N-ethyl adjacent to an activating group) is 1. The van der Waals surface area contributed by atoms with E-state index in [1.807, 2.05) is 25.1 Å². The van der Waals surface area contributed by atoms with Gasteiger partial charge in [0.15, 0.2) is 0 Å². The van der Waals surface area contributed by atoms with E-state index in [2.05, 4.69) is 22.9 Å². The smallest absolute Gasteiger partial charge is 0.321 e.